The third-order valence-electron chi connectivity index (χ3n) is 5.36. The van der Waals surface area contributed by atoms with Gasteiger partial charge in [0.15, 0.2) is 0 Å². The zero-order valence-electron chi connectivity index (χ0n) is 16.9. The van der Waals surface area contributed by atoms with Crippen LogP contribution in [0.25, 0.3) is 5.57 Å². The van der Waals surface area contributed by atoms with E-state index in [-0.39, 0.29) is 46.9 Å². The molecule has 0 radical (unpaired) electrons. The molecule has 0 saturated heterocycles. The Hall–Kier alpha value is -1.28. The quantitative estimate of drug-likeness (QED) is 0.365. The van der Waals surface area contributed by atoms with Gasteiger partial charge in [0, 0.05) is 0 Å². The van der Waals surface area contributed by atoms with E-state index in [4.69, 9.17) is 0 Å². The van der Waals surface area contributed by atoms with Crippen LogP contribution in [0.5, 0.6) is 0 Å². The maximum Gasteiger partial charge on any atom is -1.00 e. The number of allylic oxidation sites excluding steroid dienone is 4. The normalized spacial score (nSPS) is 16.9. The van der Waals surface area contributed by atoms with Gasteiger partial charge in [0.1, 0.15) is 0 Å². The summed E-state index contributed by atoms with van der Waals surface area (Å²) >= 11 is 2.38. The number of benzene rings is 3. The Morgan fingerprint density at radius 2 is 1.23 bits per heavy atom. The van der Waals surface area contributed by atoms with E-state index in [0.29, 0.717) is 0 Å². The van der Waals surface area contributed by atoms with Gasteiger partial charge >= 0.3 is 174 Å². The van der Waals surface area contributed by atoms with Crippen molar-refractivity contribution in [3.8, 4) is 0 Å². The van der Waals surface area contributed by atoms with Crippen molar-refractivity contribution in [3.05, 3.63) is 125 Å². The van der Waals surface area contributed by atoms with Crippen LogP contribution in [-0.2, 0) is 20.4 Å². The number of hydrogen-bond acceptors (Lipinski definition) is 0. The molecule has 0 fully saturated rings. The van der Waals surface area contributed by atoms with Crippen LogP contribution in [0.3, 0.4) is 0 Å². The molecule has 152 valence electrons. The zero-order chi connectivity index (χ0) is 18.9. The van der Waals surface area contributed by atoms with E-state index < -0.39 is 0 Å². The summed E-state index contributed by atoms with van der Waals surface area (Å²) in [7, 11) is 0. The molecule has 3 aromatic carbocycles. The number of rotatable bonds is 4. The molecule has 0 N–H and O–H groups in total. The van der Waals surface area contributed by atoms with E-state index in [1.807, 2.05) is 0 Å². The molecule has 1 aliphatic carbocycles. The number of hydrogen-bond donors (Lipinski definition) is 0. The summed E-state index contributed by atoms with van der Waals surface area (Å²) in [5, 5.41) is 0. The fourth-order valence-electron chi connectivity index (χ4n) is 4.15. The van der Waals surface area contributed by atoms with Crippen molar-refractivity contribution in [3.63, 3.8) is 0 Å². The van der Waals surface area contributed by atoms with Crippen molar-refractivity contribution in [2.75, 3.05) is 0 Å². The molecule has 0 saturated carbocycles. The van der Waals surface area contributed by atoms with Gasteiger partial charge in [-0.05, 0) is 0 Å². The van der Waals surface area contributed by atoms with E-state index in [1.54, 1.807) is 0 Å². The Kier molecular flexibility index (Phi) is 10.1. The van der Waals surface area contributed by atoms with Crippen LogP contribution in [0, 0.1) is 13.8 Å². The van der Waals surface area contributed by atoms with E-state index in [2.05, 4.69) is 131 Å². The first-order chi connectivity index (χ1) is 13.1. The van der Waals surface area contributed by atoms with Crippen LogP contribution in [0.1, 0.15) is 33.7 Å². The molecule has 1 atom stereocenters. The third kappa shape index (κ3) is 5.31. The molecular weight excluding hydrogens is 467 g/mol. The second-order valence-corrected chi connectivity index (χ2v) is 8.73. The van der Waals surface area contributed by atoms with Crippen molar-refractivity contribution in [1.29, 1.82) is 0 Å². The fourth-order valence-corrected chi connectivity index (χ4v) is 5.17. The number of halogens is 3. The Balaban J connectivity index is 0.00000150. The largest absolute Gasteiger partial charge is 1.00 e. The minimum atomic E-state index is -0.0943. The summed E-state index contributed by atoms with van der Waals surface area (Å²) in [5.74, 6) is 0.266. The Morgan fingerprint density at radius 1 is 0.700 bits per heavy atom. The van der Waals surface area contributed by atoms with Gasteiger partial charge in [0.05, 0.1) is 0 Å². The molecule has 0 nitrogen and oxygen atoms in total. The third-order valence-corrected chi connectivity index (χ3v) is 6.49. The van der Waals surface area contributed by atoms with Crippen LogP contribution in [0.2, 0.25) is 3.72 Å². The van der Waals surface area contributed by atoms with Crippen LogP contribution in [0.4, 0.5) is 0 Å². The van der Waals surface area contributed by atoms with Crippen LogP contribution in [-0.4, -0.2) is 0 Å². The standard InChI is InChI=1S/C26H23.3ClH.Ti/c1-19-9-6-13-22(17-19)26(23-14-7-10-20(2)18-23)25-16-8-15-24(25)21-11-4-3-5-12-21;;;;/h3-18,26H,1-2H3;3*1H;/q;;;;+3/p-3. The zero-order valence-corrected chi connectivity index (χ0v) is 20.8. The van der Waals surface area contributed by atoms with Crippen molar-refractivity contribution in [1.82, 2.24) is 0 Å². The minimum Gasteiger partial charge on any atom is -1.00 e. The summed E-state index contributed by atoms with van der Waals surface area (Å²) in [6.07, 6.45) is 6.89. The Labute approximate surface area is 210 Å². The van der Waals surface area contributed by atoms with Gasteiger partial charge in [0.2, 0.25) is 0 Å². The molecule has 1 aliphatic rings. The van der Waals surface area contributed by atoms with Gasteiger partial charge in [-0.3, -0.25) is 0 Å². The van der Waals surface area contributed by atoms with Crippen LogP contribution in [0.15, 0.2) is 97.1 Å². The van der Waals surface area contributed by atoms with Crippen LogP contribution < -0.4 is 37.2 Å². The minimum absolute atomic E-state index is 0. The molecule has 30 heavy (non-hydrogen) atoms. The molecule has 0 spiro atoms. The van der Waals surface area contributed by atoms with E-state index in [9.17, 15) is 0 Å². The average molecular weight is 490 g/mol. The van der Waals surface area contributed by atoms with Gasteiger partial charge < -0.3 is 37.2 Å². The van der Waals surface area contributed by atoms with E-state index >= 15 is 0 Å². The van der Waals surface area contributed by atoms with Gasteiger partial charge in [-0.25, -0.2) is 0 Å². The van der Waals surface area contributed by atoms with Gasteiger partial charge in [-0.15, -0.1) is 0 Å². The molecule has 0 bridgehead atoms. The first-order valence-electron chi connectivity index (χ1n) is 9.41. The Morgan fingerprint density at radius 3 is 1.73 bits per heavy atom. The second kappa shape index (κ2) is 11.4. The predicted octanol–water partition coefficient (Wildman–Crippen LogP) is -2.19. The molecule has 0 amide bonds. The maximum absolute atomic E-state index is 2.38. The number of aryl methyl sites for hydroxylation is 2. The molecule has 0 aliphatic heterocycles. The van der Waals surface area contributed by atoms with E-state index in [0.717, 1.165) is 0 Å². The van der Waals surface area contributed by atoms with Crippen molar-refractivity contribution in [2.24, 2.45) is 0 Å². The average Bonchev–Trinajstić information content (AvgIpc) is 3.05. The Bertz CT molecular complexity index is 982. The predicted molar refractivity (Wildman–Crippen MR) is 110 cm³/mol. The van der Waals surface area contributed by atoms with E-state index in [1.165, 1.54) is 33.4 Å². The van der Waals surface area contributed by atoms with Crippen molar-refractivity contribution < 1.29 is 57.7 Å². The molecule has 4 rings (SSSR count). The summed E-state index contributed by atoms with van der Waals surface area (Å²) in [5.41, 5.74) is 8.04. The summed E-state index contributed by atoms with van der Waals surface area (Å²) in [6, 6.07) is 28.7. The van der Waals surface area contributed by atoms with Gasteiger partial charge in [-0.1, -0.05) is 0 Å². The first-order valence-corrected chi connectivity index (χ1v) is 10.2. The first kappa shape index (κ1) is 26.8. The smallest absolute Gasteiger partial charge is 1.00 e. The molecule has 4 heteroatoms. The van der Waals surface area contributed by atoms with Crippen molar-refractivity contribution in [2.45, 2.75) is 23.5 Å². The van der Waals surface area contributed by atoms with Gasteiger partial charge in [-0.2, -0.15) is 0 Å². The molecular formula is C26H23Cl3Ti. The van der Waals surface area contributed by atoms with Crippen LogP contribution >= 0.6 is 0 Å². The second-order valence-electron chi connectivity index (χ2n) is 7.44. The fraction of sp³-hybridized carbons (Fsp3) is 0.154. The molecule has 3 aromatic rings. The maximum atomic E-state index is 2.38. The van der Waals surface area contributed by atoms with Gasteiger partial charge in [0.25, 0.3) is 0 Å². The monoisotopic (exact) mass is 488 g/mol. The topological polar surface area (TPSA) is 0 Å². The summed E-state index contributed by atoms with van der Waals surface area (Å²) in [6.45, 7) is 4.36. The summed E-state index contributed by atoms with van der Waals surface area (Å²) < 4.78 is -0.0943. The molecule has 0 heterocycles. The SMILES string of the molecule is Cc1cccc(C(c2cccc(C)c2)[C]2([Ti+3])C=CC=C2c2ccccc2)c1.[Cl-].[Cl-].[Cl-]. The summed E-state index contributed by atoms with van der Waals surface area (Å²) in [4.78, 5) is 0. The van der Waals surface area contributed by atoms with Crippen molar-refractivity contribution >= 4 is 5.57 Å². The molecule has 1 unspecified atom stereocenters. The molecule has 0 aromatic heterocycles.